The van der Waals surface area contributed by atoms with Gasteiger partial charge in [0, 0.05) is 11.9 Å². The summed E-state index contributed by atoms with van der Waals surface area (Å²) in [6.45, 7) is 3.50. The Kier molecular flexibility index (Phi) is 2.88. The summed E-state index contributed by atoms with van der Waals surface area (Å²) >= 11 is 1.70. The molecule has 1 saturated carbocycles. The SMILES string of the molecule is CNCC(C)(Cc1cscn1)C1CC1. The molecule has 1 fully saturated rings. The van der Waals surface area contributed by atoms with E-state index in [1.165, 1.54) is 18.5 Å². The Morgan fingerprint density at radius 1 is 1.64 bits per heavy atom. The van der Waals surface area contributed by atoms with Crippen molar-refractivity contribution in [2.75, 3.05) is 13.6 Å². The van der Waals surface area contributed by atoms with E-state index in [0.717, 1.165) is 18.9 Å². The summed E-state index contributed by atoms with van der Waals surface area (Å²) in [7, 11) is 2.04. The van der Waals surface area contributed by atoms with E-state index >= 15 is 0 Å². The minimum absolute atomic E-state index is 0.419. The molecule has 1 aromatic heterocycles. The number of nitrogens with one attached hydrogen (secondary N) is 1. The fourth-order valence-electron chi connectivity index (χ4n) is 2.27. The maximum Gasteiger partial charge on any atom is 0.0794 e. The monoisotopic (exact) mass is 210 g/mol. The zero-order chi connectivity index (χ0) is 10.0. The highest BCUT2D eigenvalue weighted by molar-refractivity contribution is 7.07. The van der Waals surface area contributed by atoms with Gasteiger partial charge in [-0.05, 0) is 37.6 Å². The first-order chi connectivity index (χ1) is 6.74. The fourth-order valence-corrected chi connectivity index (χ4v) is 2.83. The van der Waals surface area contributed by atoms with Crippen LogP contribution in [0.5, 0.6) is 0 Å². The maximum atomic E-state index is 4.38. The molecule has 1 unspecified atom stereocenters. The first-order valence-corrected chi connectivity index (χ1v) is 6.20. The predicted molar refractivity (Wildman–Crippen MR) is 60.6 cm³/mol. The van der Waals surface area contributed by atoms with E-state index in [2.05, 4.69) is 22.6 Å². The van der Waals surface area contributed by atoms with Crippen LogP contribution >= 0.6 is 11.3 Å². The molecule has 1 aromatic rings. The van der Waals surface area contributed by atoms with Crippen molar-refractivity contribution in [3.63, 3.8) is 0 Å². The van der Waals surface area contributed by atoms with E-state index in [9.17, 15) is 0 Å². The van der Waals surface area contributed by atoms with Gasteiger partial charge in [-0.3, -0.25) is 0 Å². The molecule has 1 atom stereocenters. The normalized spacial score (nSPS) is 20.7. The van der Waals surface area contributed by atoms with E-state index in [1.807, 2.05) is 12.6 Å². The molecule has 2 nitrogen and oxygen atoms in total. The van der Waals surface area contributed by atoms with Crippen molar-refractivity contribution in [2.24, 2.45) is 11.3 Å². The van der Waals surface area contributed by atoms with Gasteiger partial charge >= 0.3 is 0 Å². The molecule has 0 aromatic carbocycles. The average Bonchev–Trinajstić information content (AvgIpc) is 2.89. The van der Waals surface area contributed by atoms with Crippen LogP contribution < -0.4 is 5.32 Å². The molecular formula is C11H18N2S. The molecule has 0 saturated heterocycles. The first kappa shape index (κ1) is 10.1. The Morgan fingerprint density at radius 2 is 2.43 bits per heavy atom. The Morgan fingerprint density at radius 3 is 2.93 bits per heavy atom. The molecule has 3 heteroatoms. The van der Waals surface area contributed by atoms with Crippen LogP contribution in [0.4, 0.5) is 0 Å². The fraction of sp³-hybridized carbons (Fsp3) is 0.727. The minimum atomic E-state index is 0.419. The molecule has 0 radical (unpaired) electrons. The average molecular weight is 210 g/mol. The van der Waals surface area contributed by atoms with Gasteiger partial charge in [-0.2, -0.15) is 0 Å². The molecule has 0 aliphatic heterocycles. The number of aromatic nitrogens is 1. The smallest absolute Gasteiger partial charge is 0.0794 e. The number of hydrogen-bond donors (Lipinski definition) is 1. The van der Waals surface area contributed by atoms with E-state index in [0.29, 0.717) is 5.41 Å². The van der Waals surface area contributed by atoms with Gasteiger partial charge < -0.3 is 5.32 Å². The summed E-state index contributed by atoms with van der Waals surface area (Å²) in [6, 6.07) is 0. The van der Waals surface area contributed by atoms with Crippen LogP contribution in [0.15, 0.2) is 10.9 Å². The van der Waals surface area contributed by atoms with Crippen molar-refractivity contribution < 1.29 is 0 Å². The Balaban J connectivity index is 2.03. The van der Waals surface area contributed by atoms with Crippen molar-refractivity contribution in [1.82, 2.24) is 10.3 Å². The lowest BCUT2D eigenvalue weighted by atomic mass is 9.80. The quantitative estimate of drug-likeness (QED) is 0.807. The second kappa shape index (κ2) is 3.99. The van der Waals surface area contributed by atoms with Crippen molar-refractivity contribution in [3.05, 3.63) is 16.6 Å². The van der Waals surface area contributed by atoms with Crippen LogP contribution in [0.25, 0.3) is 0 Å². The van der Waals surface area contributed by atoms with E-state index in [4.69, 9.17) is 0 Å². The van der Waals surface area contributed by atoms with Crippen LogP contribution in [-0.4, -0.2) is 18.6 Å². The summed E-state index contributed by atoms with van der Waals surface area (Å²) in [4.78, 5) is 4.38. The topological polar surface area (TPSA) is 24.9 Å². The van der Waals surface area contributed by atoms with Crippen LogP contribution in [0, 0.1) is 11.3 Å². The van der Waals surface area contributed by atoms with Gasteiger partial charge in [-0.25, -0.2) is 4.98 Å². The number of thiazole rings is 1. The zero-order valence-electron chi connectivity index (χ0n) is 8.92. The molecule has 1 aliphatic carbocycles. The molecule has 1 heterocycles. The third-order valence-electron chi connectivity index (χ3n) is 3.21. The van der Waals surface area contributed by atoms with Gasteiger partial charge in [0.25, 0.3) is 0 Å². The van der Waals surface area contributed by atoms with Crippen LogP contribution in [0.2, 0.25) is 0 Å². The van der Waals surface area contributed by atoms with Gasteiger partial charge in [-0.15, -0.1) is 11.3 Å². The molecule has 1 N–H and O–H groups in total. The van der Waals surface area contributed by atoms with E-state index in [-0.39, 0.29) is 0 Å². The van der Waals surface area contributed by atoms with E-state index in [1.54, 1.807) is 11.3 Å². The third-order valence-corrected chi connectivity index (χ3v) is 3.85. The maximum absolute atomic E-state index is 4.38. The van der Waals surface area contributed by atoms with E-state index < -0.39 is 0 Å². The second-order valence-corrected chi connectivity index (χ2v) is 5.33. The second-order valence-electron chi connectivity index (χ2n) is 4.62. The van der Waals surface area contributed by atoms with Crippen molar-refractivity contribution >= 4 is 11.3 Å². The molecule has 14 heavy (non-hydrogen) atoms. The highest BCUT2D eigenvalue weighted by Gasteiger charge is 2.41. The molecule has 2 rings (SSSR count). The lowest BCUT2D eigenvalue weighted by Crippen LogP contribution is -2.33. The Labute approximate surface area is 89.8 Å². The summed E-state index contributed by atoms with van der Waals surface area (Å²) in [6.07, 6.45) is 3.94. The number of hydrogen-bond acceptors (Lipinski definition) is 3. The lowest BCUT2D eigenvalue weighted by molar-refractivity contribution is 0.261. The van der Waals surface area contributed by atoms with Gasteiger partial charge in [0.15, 0.2) is 0 Å². The van der Waals surface area contributed by atoms with Gasteiger partial charge in [-0.1, -0.05) is 6.92 Å². The molecule has 0 bridgehead atoms. The van der Waals surface area contributed by atoms with Crippen LogP contribution in [0.1, 0.15) is 25.5 Å². The summed E-state index contributed by atoms with van der Waals surface area (Å²) in [5.74, 6) is 0.914. The first-order valence-electron chi connectivity index (χ1n) is 5.26. The molecule has 1 aliphatic rings. The molecule has 0 amide bonds. The van der Waals surface area contributed by atoms with Crippen molar-refractivity contribution in [2.45, 2.75) is 26.2 Å². The number of rotatable bonds is 5. The Hall–Kier alpha value is -0.410. The summed E-state index contributed by atoms with van der Waals surface area (Å²) in [5.41, 5.74) is 3.62. The Bertz CT molecular complexity index is 279. The van der Waals surface area contributed by atoms with Gasteiger partial charge in [0.05, 0.1) is 11.2 Å². The largest absolute Gasteiger partial charge is 0.319 e. The molecule has 0 spiro atoms. The molecule has 78 valence electrons. The highest BCUT2D eigenvalue weighted by Crippen LogP contribution is 2.46. The number of nitrogens with zero attached hydrogens (tertiary/aromatic N) is 1. The van der Waals surface area contributed by atoms with Crippen LogP contribution in [0.3, 0.4) is 0 Å². The van der Waals surface area contributed by atoms with Crippen molar-refractivity contribution in [3.8, 4) is 0 Å². The highest BCUT2D eigenvalue weighted by atomic mass is 32.1. The van der Waals surface area contributed by atoms with Gasteiger partial charge in [0.2, 0.25) is 0 Å². The summed E-state index contributed by atoms with van der Waals surface area (Å²) < 4.78 is 0. The van der Waals surface area contributed by atoms with Crippen LogP contribution in [-0.2, 0) is 6.42 Å². The third kappa shape index (κ3) is 2.15. The zero-order valence-corrected chi connectivity index (χ0v) is 9.73. The molecular weight excluding hydrogens is 192 g/mol. The summed E-state index contributed by atoms with van der Waals surface area (Å²) in [5, 5.41) is 5.49. The lowest BCUT2D eigenvalue weighted by Gasteiger charge is -2.28. The van der Waals surface area contributed by atoms with Crippen molar-refractivity contribution in [1.29, 1.82) is 0 Å². The minimum Gasteiger partial charge on any atom is -0.319 e. The standard InChI is InChI=1S/C11H18N2S/c1-11(7-12-2,9-3-4-9)5-10-6-14-8-13-10/h6,8-9,12H,3-5,7H2,1-2H3. The predicted octanol–water partition coefficient (Wildman–Crippen LogP) is 2.32. The van der Waals surface area contributed by atoms with Gasteiger partial charge in [0.1, 0.15) is 0 Å².